The van der Waals surface area contributed by atoms with E-state index in [1.54, 1.807) is 0 Å². The smallest absolute Gasteiger partial charge is 0.0788 e. The van der Waals surface area contributed by atoms with E-state index in [9.17, 15) is 0 Å². The van der Waals surface area contributed by atoms with E-state index in [4.69, 9.17) is 4.74 Å². The summed E-state index contributed by atoms with van der Waals surface area (Å²) in [4.78, 5) is 0. The Morgan fingerprint density at radius 3 is 2.71 bits per heavy atom. The number of allylic oxidation sites excluding steroid dienone is 2. The number of fused-ring (bicyclic) bond motifs is 2. The van der Waals surface area contributed by atoms with E-state index in [-0.39, 0.29) is 11.0 Å². The van der Waals surface area contributed by atoms with Gasteiger partial charge in [0.1, 0.15) is 0 Å². The summed E-state index contributed by atoms with van der Waals surface area (Å²) >= 11 is 0. The summed E-state index contributed by atoms with van der Waals surface area (Å²) in [6.07, 6.45) is 20.4. The minimum atomic E-state index is 0.147. The van der Waals surface area contributed by atoms with Crippen molar-refractivity contribution in [3.63, 3.8) is 0 Å². The zero-order chi connectivity index (χ0) is 20.0. The molecular formula is C27H44O. The van der Waals surface area contributed by atoms with E-state index in [1.165, 1.54) is 89.0 Å². The molecule has 4 aliphatic carbocycles. The zero-order valence-corrected chi connectivity index (χ0v) is 19.1. The summed E-state index contributed by atoms with van der Waals surface area (Å²) < 4.78 is 5.99. The van der Waals surface area contributed by atoms with Gasteiger partial charge in [0.25, 0.3) is 0 Å². The fourth-order valence-corrected chi connectivity index (χ4v) is 7.70. The van der Waals surface area contributed by atoms with Crippen LogP contribution >= 0.6 is 0 Å². The lowest BCUT2D eigenvalue weighted by molar-refractivity contribution is 0.0582. The molecule has 0 bridgehead atoms. The first kappa shape index (κ1) is 20.7. The van der Waals surface area contributed by atoms with Gasteiger partial charge in [0.15, 0.2) is 0 Å². The third kappa shape index (κ3) is 3.24. The van der Waals surface area contributed by atoms with Gasteiger partial charge < -0.3 is 4.74 Å². The molecule has 0 aliphatic heterocycles. The number of hydrogen-bond acceptors (Lipinski definition) is 1. The minimum absolute atomic E-state index is 0.147. The van der Waals surface area contributed by atoms with E-state index in [2.05, 4.69) is 33.4 Å². The normalized spacial score (nSPS) is 43.6. The molecule has 0 aromatic carbocycles. The van der Waals surface area contributed by atoms with Crippen molar-refractivity contribution in [2.45, 2.75) is 110 Å². The molecule has 0 amide bonds. The molecule has 0 N–H and O–H groups in total. The lowest BCUT2D eigenvalue weighted by atomic mass is 9.62. The van der Waals surface area contributed by atoms with Crippen molar-refractivity contribution in [3.8, 4) is 0 Å². The van der Waals surface area contributed by atoms with Crippen LogP contribution in [0, 0.1) is 28.6 Å². The second kappa shape index (κ2) is 7.60. The van der Waals surface area contributed by atoms with Gasteiger partial charge in [-0.15, -0.1) is 0 Å². The maximum atomic E-state index is 5.99. The first-order chi connectivity index (χ1) is 13.4. The van der Waals surface area contributed by atoms with Crippen LogP contribution in [0.5, 0.6) is 0 Å². The maximum absolute atomic E-state index is 5.99. The van der Waals surface area contributed by atoms with Crippen LogP contribution in [0.15, 0.2) is 23.8 Å². The molecule has 0 saturated heterocycles. The highest BCUT2D eigenvalue weighted by molar-refractivity contribution is 5.39. The van der Waals surface area contributed by atoms with Crippen molar-refractivity contribution in [2.75, 3.05) is 7.11 Å². The quantitative estimate of drug-likeness (QED) is 0.306. The van der Waals surface area contributed by atoms with E-state index < -0.39 is 0 Å². The molecule has 4 aliphatic rings. The molecule has 4 fully saturated rings. The van der Waals surface area contributed by atoms with Gasteiger partial charge in [-0.2, -0.15) is 0 Å². The van der Waals surface area contributed by atoms with Crippen LogP contribution in [0.2, 0.25) is 0 Å². The Balaban J connectivity index is 1.40. The van der Waals surface area contributed by atoms with Gasteiger partial charge in [-0.1, -0.05) is 63.8 Å². The average Bonchev–Trinajstić information content (AvgIpc) is 3.09. The number of methoxy groups -OCH3 is 1. The van der Waals surface area contributed by atoms with Crippen molar-refractivity contribution in [2.24, 2.45) is 28.6 Å². The molecular weight excluding hydrogens is 340 g/mol. The van der Waals surface area contributed by atoms with Crippen LogP contribution in [0.25, 0.3) is 0 Å². The lowest BCUT2D eigenvalue weighted by Crippen LogP contribution is -2.33. The number of ether oxygens (including phenoxy) is 1. The summed E-state index contributed by atoms with van der Waals surface area (Å²) in [6.45, 7) is 11.8. The Hall–Kier alpha value is -0.560. The molecule has 28 heavy (non-hydrogen) atoms. The largest absolute Gasteiger partial charge is 0.377 e. The van der Waals surface area contributed by atoms with Crippen molar-refractivity contribution >= 4 is 0 Å². The maximum Gasteiger partial charge on any atom is 0.0788 e. The third-order valence-electron chi connectivity index (χ3n) is 9.69. The Kier molecular flexibility index (Phi) is 5.62. The average molecular weight is 385 g/mol. The summed E-state index contributed by atoms with van der Waals surface area (Å²) in [5.41, 5.74) is 4.29. The van der Waals surface area contributed by atoms with Crippen LogP contribution < -0.4 is 0 Å². The predicted molar refractivity (Wildman–Crippen MR) is 119 cm³/mol. The molecule has 0 heterocycles. The second-order valence-electron chi connectivity index (χ2n) is 11.4. The molecule has 4 rings (SSSR count). The second-order valence-corrected chi connectivity index (χ2v) is 11.4. The minimum Gasteiger partial charge on any atom is -0.377 e. The van der Waals surface area contributed by atoms with Crippen LogP contribution in [-0.4, -0.2) is 12.7 Å². The van der Waals surface area contributed by atoms with Crippen LogP contribution in [0.4, 0.5) is 0 Å². The third-order valence-corrected chi connectivity index (χ3v) is 9.69. The molecule has 0 spiro atoms. The number of hydrogen-bond donors (Lipinski definition) is 0. The van der Waals surface area contributed by atoms with Gasteiger partial charge in [0.05, 0.1) is 5.60 Å². The topological polar surface area (TPSA) is 9.23 Å². The van der Waals surface area contributed by atoms with Gasteiger partial charge in [0.2, 0.25) is 0 Å². The highest BCUT2D eigenvalue weighted by Crippen LogP contribution is 2.73. The molecule has 4 saturated carbocycles. The molecule has 0 aromatic rings. The van der Waals surface area contributed by atoms with Crippen LogP contribution in [0.1, 0.15) is 104 Å². The molecule has 5 atom stereocenters. The SMILES string of the molecule is C=C1CC[C@@]2(OC)C[C@@]12C/C=C1\CCC[C@]2(C)[C@@H](CCCCC(C)C)CC[C@@H]12. The summed E-state index contributed by atoms with van der Waals surface area (Å²) in [5.74, 6) is 2.69. The molecule has 158 valence electrons. The summed E-state index contributed by atoms with van der Waals surface area (Å²) in [7, 11) is 1.92. The first-order valence-electron chi connectivity index (χ1n) is 12.3. The Morgan fingerprint density at radius 2 is 2.00 bits per heavy atom. The monoisotopic (exact) mass is 384 g/mol. The van der Waals surface area contributed by atoms with Crippen LogP contribution in [0.3, 0.4) is 0 Å². The Bertz CT molecular complexity index is 630. The fraction of sp³-hybridized carbons (Fsp3) is 0.852. The Labute approximate surface area is 174 Å². The molecule has 1 nitrogen and oxygen atoms in total. The molecule has 1 heteroatoms. The van der Waals surface area contributed by atoms with Crippen LogP contribution in [-0.2, 0) is 4.74 Å². The lowest BCUT2D eigenvalue weighted by Gasteiger charge is -2.42. The highest BCUT2D eigenvalue weighted by Gasteiger charge is 2.71. The Morgan fingerprint density at radius 1 is 1.18 bits per heavy atom. The van der Waals surface area contributed by atoms with Crippen molar-refractivity contribution in [3.05, 3.63) is 23.8 Å². The summed E-state index contributed by atoms with van der Waals surface area (Å²) in [6, 6.07) is 0. The zero-order valence-electron chi connectivity index (χ0n) is 19.1. The molecule has 0 unspecified atom stereocenters. The number of rotatable bonds is 8. The predicted octanol–water partition coefficient (Wildman–Crippen LogP) is 7.86. The van der Waals surface area contributed by atoms with Crippen molar-refractivity contribution in [1.82, 2.24) is 0 Å². The number of unbranched alkanes of at least 4 members (excludes halogenated alkanes) is 1. The molecule has 0 radical (unpaired) electrons. The van der Waals surface area contributed by atoms with Gasteiger partial charge in [-0.25, -0.2) is 0 Å². The van der Waals surface area contributed by atoms with E-state index in [0.717, 1.165) is 17.8 Å². The molecule has 0 aromatic heterocycles. The van der Waals surface area contributed by atoms with Crippen molar-refractivity contribution in [1.29, 1.82) is 0 Å². The van der Waals surface area contributed by atoms with E-state index in [1.807, 2.05) is 12.7 Å². The van der Waals surface area contributed by atoms with E-state index >= 15 is 0 Å². The summed E-state index contributed by atoms with van der Waals surface area (Å²) in [5, 5.41) is 0. The first-order valence-corrected chi connectivity index (χ1v) is 12.3. The van der Waals surface area contributed by atoms with Gasteiger partial charge >= 0.3 is 0 Å². The highest BCUT2D eigenvalue weighted by atomic mass is 16.5. The van der Waals surface area contributed by atoms with E-state index in [0.29, 0.717) is 5.41 Å². The standard InChI is InChI=1S/C27H44O/c1-20(2)9-6-7-11-23-12-13-24-22(10-8-16-25(23,24)4)15-17-26-19-27(26,28-5)18-14-21(26)3/h15,20,23-24H,3,6-14,16-19H2,1-2,4-5H3/b22-15+/t23-,24-,25+,26-,27+/m0/s1. The van der Waals surface area contributed by atoms with Gasteiger partial charge in [-0.05, 0) is 87.4 Å². The van der Waals surface area contributed by atoms with Gasteiger partial charge in [-0.3, -0.25) is 0 Å². The van der Waals surface area contributed by atoms with Gasteiger partial charge in [0, 0.05) is 12.5 Å². The fourth-order valence-electron chi connectivity index (χ4n) is 7.70. The van der Waals surface area contributed by atoms with Crippen molar-refractivity contribution < 1.29 is 4.74 Å².